The topological polar surface area (TPSA) is 133 Å². The Balaban J connectivity index is 1.87. The number of ether oxygens (including phenoxy) is 1. The summed E-state index contributed by atoms with van der Waals surface area (Å²) in [6.07, 6.45) is 2.83. The zero-order valence-electron chi connectivity index (χ0n) is 10.9. The van der Waals surface area contributed by atoms with E-state index in [1.807, 2.05) is 0 Å². The maximum Gasteiger partial charge on any atom is 0.325 e. The summed E-state index contributed by atoms with van der Waals surface area (Å²) in [6.45, 7) is -0.265. The van der Waals surface area contributed by atoms with Gasteiger partial charge in [-0.25, -0.2) is 9.78 Å². The summed E-state index contributed by atoms with van der Waals surface area (Å²) in [4.78, 5) is 31.3. The molecule has 3 atom stereocenters. The van der Waals surface area contributed by atoms with Gasteiger partial charge in [-0.05, 0) is 0 Å². The van der Waals surface area contributed by atoms with Crippen LogP contribution in [-0.4, -0.2) is 48.5 Å². The van der Waals surface area contributed by atoms with Gasteiger partial charge in [-0.15, -0.1) is 0 Å². The summed E-state index contributed by atoms with van der Waals surface area (Å²) in [5.74, 6) is 0. The van der Waals surface area contributed by atoms with Gasteiger partial charge in [0.2, 0.25) is 0 Å². The Morgan fingerprint density at radius 1 is 1.48 bits per heavy atom. The molecule has 2 aromatic heterocycles. The Labute approximate surface area is 117 Å². The third kappa shape index (κ3) is 2.53. The summed E-state index contributed by atoms with van der Waals surface area (Å²) in [5, 5.41) is 18.8. The van der Waals surface area contributed by atoms with E-state index in [4.69, 9.17) is 9.84 Å². The second-order valence-electron chi connectivity index (χ2n) is 4.81. The molecule has 9 heteroatoms. The van der Waals surface area contributed by atoms with E-state index in [1.165, 1.54) is 12.5 Å². The van der Waals surface area contributed by atoms with Crippen LogP contribution in [0.4, 0.5) is 0 Å². The lowest BCUT2D eigenvalue weighted by Gasteiger charge is -2.12. The molecule has 1 fully saturated rings. The minimum atomic E-state index is -0.748. The summed E-state index contributed by atoms with van der Waals surface area (Å²) < 4.78 is 7.10. The quantitative estimate of drug-likeness (QED) is 0.548. The van der Waals surface area contributed by atoms with Crippen LogP contribution in [-0.2, 0) is 4.74 Å². The van der Waals surface area contributed by atoms with Crippen LogP contribution in [0.25, 0.3) is 11.3 Å². The van der Waals surface area contributed by atoms with Gasteiger partial charge in [0, 0.05) is 18.8 Å². The highest BCUT2D eigenvalue weighted by Gasteiger charge is 2.34. The first kappa shape index (κ1) is 13.7. The van der Waals surface area contributed by atoms with E-state index in [0.29, 0.717) is 12.1 Å². The molecule has 0 radical (unpaired) electrons. The Bertz CT molecular complexity index is 748. The molecule has 0 saturated carbocycles. The Morgan fingerprint density at radius 2 is 2.29 bits per heavy atom. The van der Waals surface area contributed by atoms with Gasteiger partial charge in [0.05, 0.1) is 30.3 Å². The lowest BCUT2D eigenvalue weighted by molar-refractivity contribution is -0.0443. The molecule has 9 nitrogen and oxygen atoms in total. The third-order valence-corrected chi connectivity index (χ3v) is 3.41. The molecule has 1 aliphatic rings. The minimum absolute atomic E-state index is 0.227. The lowest BCUT2D eigenvalue weighted by atomic mass is 10.2. The highest BCUT2D eigenvalue weighted by Crippen LogP contribution is 2.29. The van der Waals surface area contributed by atoms with Crippen LogP contribution in [0.15, 0.2) is 28.3 Å². The van der Waals surface area contributed by atoms with Gasteiger partial charge in [-0.1, -0.05) is 0 Å². The molecule has 4 N–H and O–H groups in total. The normalized spacial score (nSPS) is 25.3. The third-order valence-electron chi connectivity index (χ3n) is 3.41. The summed E-state index contributed by atoms with van der Waals surface area (Å²) in [5.41, 5.74) is -0.524. The van der Waals surface area contributed by atoms with Crippen molar-refractivity contribution in [2.24, 2.45) is 0 Å². The summed E-state index contributed by atoms with van der Waals surface area (Å²) in [6, 6.07) is 0. The molecule has 1 saturated heterocycles. The van der Waals surface area contributed by atoms with Gasteiger partial charge in [-0.2, -0.15) is 0 Å². The van der Waals surface area contributed by atoms with Gasteiger partial charge < -0.3 is 24.5 Å². The van der Waals surface area contributed by atoms with Crippen LogP contribution in [0, 0.1) is 0 Å². The van der Waals surface area contributed by atoms with Crippen molar-refractivity contribution in [3.05, 3.63) is 39.6 Å². The van der Waals surface area contributed by atoms with Crippen LogP contribution in [0.2, 0.25) is 0 Å². The predicted octanol–water partition coefficient (Wildman–Crippen LogP) is -1.43. The first-order chi connectivity index (χ1) is 10.1. The number of aromatic nitrogens is 4. The largest absolute Gasteiger partial charge is 0.394 e. The van der Waals surface area contributed by atoms with Crippen molar-refractivity contribution in [1.82, 2.24) is 19.5 Å². The van der Waals surface area contributed by atoms with E-state index in [0.717, 1.165) is 0 Å². The van der Waals surface area contributed by atoms with E-state index in [-0.39, 0.29) is 12.2 Å². The number of H-pyrrole nitrogens is 2. The van der Waals surface area contributed by atoms with Crippen molar-refractivity contribution < 1.29 is 14.9 Å². The Kier molecular flexibility index (Phi) is 3.45. The number of imidazole rings is 1. The van der Waals surface area contributed by atoms with E-state index in [9.17, 15) is 14.7 Å². The Hall–Kier alpha value is -2.23. The number of hydrogen-bond acceptors (Lipinski definition) is 6. The zero-order chi connectivity index (χ0) is 15.0. The summed E-state index contributed by atoms with van der Waals surface area (Å²) in [7, 11) is 0. The van der Waals surface area contributed by atoms with Gasteiger partial charge in [0.15, 0.2) is 0 Å². The first-order valence-corrected chi connectivity index (χ1v) is 6.38. The fourth-order valence-electron chi connectivity index (χ4n) is 2.30. The SMILES string of the molecule is O=c1[nH]cc(-c2cn([C@H]3C[C@@H](O)[C@@H](CO)O3)cn2)c(=O)[nH]1. The molecule has 3 heterocycles. The van der Waals surface area contributed by atoms with Crippen LogP contribution < -0.4 is 11.2 Å². The van der Waals surface area contributed by atoms with E-state index < -0.39 is 29.7 Å². The highest BCUT2D eigenvalue weighted by atomic mass is 16.5. The average Bonchev–Trinajstić information content (AvgIpc) is 3.05. The number of aromatic amines is 2. The van der Waals surface area contributed by atoms with Crippen molar-refractivity contribution >= 4 is 0 Å². The van der Waals surface area contributed by atoms with Crippen molar-refractivity contribution in [3.63, 3.8) is 0 Å². The molecule has 0 amide bonds. The Morgan fingerprint density at radius 3 is 2.95 bits per heavy atom. The van der Waals surface area contributed by atoms with E-state index in [2.05, 4.69) is 15.0 Å². The molecule has 0 aromatic carbocycles. The highest BCUT2D eigenvalue weighted by molar-refractivity contribution is 5.55. The summed E-state index contributed by atoms with van der Waals surface area (Å²) >= 11 is 0. The smallest absolute Gasteiger partial charge is 0.325 e. The minimum Gasteiger partial charge on any atom is -0.394 e. The second-order valence-corrected chi connectivity index (χ2v) is 4.81. The van der Waals surface area contributed by atoms with Gasteiger partial charge in [0.1, 0.15) is 12.3 Å². The maximum absolute atomic E-state index is 11.7. The molecule has 0 spiro atoms. The molecule has 0 bridgehead atoms. The second kappa shape index (κ2) is 5.28. The number of hydrogen-bond donors (Lipinski definition) is 4. The standard InChI is InChI=1S/C12H14N4O5/c17-4-9-8(18)1-10(21-9)16-3-7(14-5-16)6-2-13-12(20)15-11(6)19/h2-3,5,8-10,17-18H,1,4H2,(H2,13,15,19,20)/t8-,9-,10-/m1/s1. The van der Waals surface area contributed by atoms with Gasteiger partial charge in [0.25, 0.3) is 5.56 Å². The molecule has 2 aromatic rings. The number of nitrogens with one attached hydrogen (secondary N) is 2. The molecule has 3 rings (SSSR count). The van der Waals surface area contributed by atoms with Crippen LogP contribution >= 0.6 is 0 Å². The fraction of sp³-hybridized carbons (Fsp3) is 0.417. The van der Waals surface area contributed by atoms with Crippen molar-refractivity contribution in [2.75, 3.05) is 6.61 Å². The van der Waals surface area contributed by atoms with Crippen LogP contribution in [0.3, 0.4) is 0 Å². The number of nitrogens with zero attached hydrogens (tertiary/aromatic N) is 2. The maximum atomic E-state index is 11.7. The molecular weight excluding hydrogens is 280 g/mol. The van der Waals surface area contributed by atoms with E-state index in [1.54, 1.807) is 10.8 Å². The fourth-order valence-corrected chi connectivity index (χ4v) is 2.30. The van der Waals surface area contributed by atoms with Gasteiger partial charge >= 0.3 is 5.69 Å². The first-order valence-electron chi connectivity index (χ1n) is 6.38. The molecule has 21 heavy (non-hydrogen) atoms. The number of aliphatic hydroxyl groups excluding tert-OH is 2. The zero-order valence-corrected chi connectivity index (χ0v) is 10.9. The predicted molar refractivity (Wildman–Crippen MR) is 70.5 cm³/mol. The number of aliphatic hydroxyl groups is 2. The van der Waals surface area contributed by atoms with Crippen molar-refractivity contribution in [2.45, 2.75) is 24.9 Å². The van der Waals surface area contributed by atoms with Gasteiger partial charge in [-0.3, -0.25) is 9.78 Å². The van der Waals surface area contributed by atoms with E-state index >= 15 is 0 Å². The van der Waals surface area contributed by atoms with Crippen LogP contribution in [0.5, 0.6) is 0 Å². The lowest BCUT2D eigenvalue weighted by Crippen LogP contribution is -2.24. The molecular formula is C12H14N4O5. The monoisotopic (exact) mass is 294 g/mol. The van der Waals surface area contributed by atoms with Crippen LogP contribution in [0.1, 0.15) is 12.6 Å². The average molecular weight is 294 g/mol. The molecule has 1 aliphatic heterocycles. The molecule has 112 valence electrons. The molecule has 0 aliphatic carbocycles. The van der Waals surface area contributed by atoms with Crippen molar-refractivity contribution in [1.29, 1.82) is 0 Å². The number of rotatable bonds is 3. The molecule has 0 unspecified atom stereocenters. The van der Waals surface area contributed by atoms with Crippen molar-refractivity contribution in [3.8, 4) is 11.3 Å².